The first-order chi connectivity index (χ1) is 13.8. The molecule has 2 aromatic rings. The van der Waals surface area contributed by atoms with Crippen LogP contribution in [-0.4, -0.2) is 54.9 Å². The van der Waals surface area contributed by atoms with Crippen molar-refractivity contribution < 1.29 is 17.9 Å². The van der Waals surface area contributed by atoms with Crippen molar-refractivity contribution in [2.75, 3.05) is 25.5 Å². The molecule has 2 aliphatic rings. The van der Waals surface area contributed by atoms with Crippen molar-refractivity contribution in [3.8, 4) is 5.75 Å². The molecule has 1 aromatic heterocycles. The third-order valence-corrected chi connectivity index (χ3v) is 7.21. The lowest BCUT2D eigenvalue weighted by Crippen LogP contribution is -2.62. The van der Waals surface area contributed by atoms with Gasteiger partial charge in [-0.1, -0.05) is 0 Å². The van der Waals surface area contributed by atoms with E-state index >= 15 is 0 Å². The summed E-state index contributed by atoms with van der Waals surface area (Å²) in [5.74, 6) is 0.639. The van der Waals surface area contributed by atoms with Gasteiger partial charge in [0.1, 0.15) is 16.3 Å². The molecule has 1 aromatic carbocycles. The van der Waals surface area contributed by atoms with Gasteiger partial charge in [0.25, 0.3) is 0 Å². The highest BCUT2D eigenvalue weighted by Gasteiger charge is 2.43. The molecule has 0 bridgehead atoms. The van der Waals surface area contributed by atoms with Crippen LogP contribution in [0.15, 0.2) is 35.4 Å². The van der Waals surface area contributed by atoms with Gasteiger partial charge in [0.05, 0.1) is 12.8 Å². The number of hydrogen-bond acceptors (Lipinski definition) is 6. The zero-order chi connectivity index (χ0) is 20.6. The number of hydrogen-bond donors (Lipinski definition) is 2. The van der Waals surface area contributed by atoms with Crippen LogP contribution < -0.4 is 14.8 Å². The fourth-order valence-electron chi connectivity index (χ4n) is 3.92. The highest BCUT2D eigenvalue weighted by Crippen LogP contribution is 2.36. The van der Waals surface area contributed by atoms with E-state index in [4.69, 9.17) is 4.74 Å². The van der Waals surface area contributed by atoms with E-state index in [0.717, 1.165) is 5.69 Å². The van der Waals surface area contributed by atoms with Crippen molar-refractivity contribution in [2.24, 2.45) is 0 Å². The van der Waals surface area contributed by atoms with Gasteiger partial charge in [0, 0.05) is 56.9 Å². The van der Waals surface area contributed by atoms with Gasteiger partial charge in [0.15, 0.2) is 0 Å². The van der Waals surface area contributed by atoms with E-state index in [0.29, 0.717) is 50.3 Å². The van der Waals surface area contributed by atoms with Gasteiger partial charge >= 0.3 is 0 Å². The second-order valence-corrected chi connectivity index (χ2v) is 9.15. The van der Waals surface area contributed by atoms with E-state index in [9.17, 15) is 13.2 Å². The normalized spacial score (nSPS) is 19.4. The number of anilines is 1. The van der Waals surface area contributed by atoms with Crippen LogP contribution in [0, 0.1) is 6.92 Å². The second kappa shape index (κ2) is 7.34. The Morgan fingerprint density at radius 1 is 1.28 bits per heavy atom. The first kappa shape index (κ1) is 19.7. The number of aromatic nitrogens is 2. The van der Waals surface area contributed by atoms with Crippen LogP contribution in [0.1, 0.15) is 25.0 Å². The smallest absolute Gasteiger partial charge is 0.244 e. The summed E-state index contributed by atoms with van der Waals surface area (Å²) in [5.41, 5.74) is 0.746. The topological polar surface area (TPSA) is 106 Å². The Hall–Kier alpha value is -2.59. The third-order valence-electron chi connectivity index (χ3n) is 5.62. The quantitative estimate of drug-likeness (QED) is 0.774. The van der Waals surface area contributed by atoms with Crippen molar-refractivity contribution >= 4 is 21.6 Å². The predicted molar refractivity (Wildman–Crippen MR) is 107 cm³/mol. The monoisotopic (exact) mass is 419 g/mol. The molecule has 0 radical (unpaired) electrons. The Morgan fingerprint density at radius 2 is 2.03 bits per heavy atom. The summed E-state index contributed by atoms with van der Waals surface area (Å²) in [5, 5.41) is 7.54. The van der Waals surface area contributed by atoms with Gasteiger partial charge in [-0.25, -0.2) is 8.42 Å². The standard InChI is InChI=1S/C19H25N5O4S/c1-14-5-9-20-24(14)10-6-18(25)23-11-7-19(8-12-23)21-16-13-15(28-2)3-4-17(16)29(26,27)22-19/h3-5,9,13,21-22H,6-8,10-12H2,1-2H3. The number of rotatable bonds is 4. The summed E-state index contributed by atoms with van der Waals surface area (Å²) in [7, 11) is -2.10. The molecule has 2 aliphatic heterocycles. The zero-order valence-electron chi connectivity index (χ0n) is 16.5. The molecule has 10 heteroatoms. The van der Waals surface area contributed by atoms with Gasteiger partial charge in [-0.15, -0.1) is 0 Å². The van der Waals surface area contributed by atoms with Crippen molar-refractivity contribution in [3.05, 3.63) is 36.2 Å². The number of sulfonamides is 1. The number of likely N-dealkylation sites (tertiary alicyclic amines) is 1. The number of carbonyl (C=O) groups excluding carboxylic acids is 1. The molecule has 2 N–H and O–H groups in total. The largest absolute Gasteiger partial charge is 0.497 e. The van der Waals surface area contributed by atoms with E-state index < -0.39 is 15.7 Å². The summed E-state index contributed by atoms with van der Waals surface area (Å²) in [6.45, 7) is 3.45. The number of ether oxygens (including phenoxy) is 1. The Morgan fingerprint density at radius 3 is 2.69 bits per heavy atom. The number of nitrogens with one attached hydrogen (secondary N) is 2. The minimum Gasteiger partial charge on any atom is -0.497 e. The summed E-state index contributed by atoms with van der Waals surface area (Å²) in [4.78, 5) is 14.6. The SMILES string of the molecule is COc1ccc2c(c1)NC1(CCN(C(=O)CCn3nccc3C)CC1)NS2(=O)=O. The molecule has 0 atom stereocenters. The van der Waals surface area contributed by atoms with Gasteiger partial charge in [-0.05, 0) is 25.1 Å². The Labute approximate surface area is 170 Å². The van der Waals surface area contributed by atoms with Crippen molar-refractivity contribution in [3.63, 3.8) is 0 Å². The van der Waals surface area contributed by atoms with Gasteiger partial charge in [0.2, 0.25) is 15.9 Å². The maximum absolute atomic E-state index is 12.7. The number of methoxy groups -OCH3 is 1. The summed E-state index contributed by atoms with van der Waals surface area (Å²) < 4.78 is 35.3. The number of fused-ring (bicyclic) bond motifs is 1. The first-order valence-corrected chi connectivity index (χ1v) is 11.1. The minimum atomic E-state index is -3.64. The molecule has 9 nitrogen and oxygen atoms in total. The average Bonchev–Trinajstić information content (AvgIpc) is 3.10. The minimum absolute atomic E-state index is 0.0514. The van der Waals surface area contributed by atoms with E-state index in [-0.39, 0.29) is 10.8 Å². The Bertz CT molecular complexity index is 1020. The molecular weight excluding hydrogens is 394 g/mol. The van der Waals surface area contributed by atoms with Crippen LogP contribution in [0.3, 0.4) is 0 Å². The fraction of sp³-hybridized carbons (Fsp3) is 0.474. The van der Waals surface area contributed by atoms with Crippen molar-refractivity contribution in [2.45, 2.75) is 43.3 Å². The number of aryl methyl sites for hydroxylation is 2. The molecule has 29 heavy (non-hydrogen) atoms. The number of piperidine rings is 1. The lowest BCUT2D eigenvalue weighted by molar-refractivity contribution is -0.133. The lowest BCUT2D eigenvalue weighted by atomic mass is 9.96. The molecular formula is C19H25N5O4S. The predicted octanol–water partition coefficient (Wildman–Crippen LogP) is 1.31. The van der Waals surface area contributed by atoms with Crippen molar-refractivity contribution in [1.82, 2.24) is 19.4 Å². The second-order valence-electron chi connectivity index (χ2n) is 7.50. The van der Waals surface area contributed by atoms with E-state index in [1.165, 1.54) is 6.07 Å². The fourth-order valence-corrected chi connectivity index (χ4v) is 5.45. The average molecular weight is 420 g/mol. The number of nitrogens with zero attached hydrogens (tertiary/aromatic N) is 3. The molecule has 1 amide bonds. The summed E-state index contributed by atoms with van der Waals surface area (Å²) in [6, 6.07) is 6.76. The number of carbonyl (C=O) groups is 1. The van der Waals surface area contributed by atoms with Crippen LogP contribution >= 0.6 is 0 Å². The highest BCUT2D eigenvalue weighted by molar-refractivity contribution is 7.89. The van der Waals surface area contributed by atoms with Gasteiger partial charge in [-0.2, -0.15) is 9.82 Å². The maximum atomic E-state index is 12.7. The zero-order valence-corrected chi connectivity index (χ0v) is 17.3. The number of amides is 1. The van der Waals surface area contributed by atoms with Gasteiger partial charge < -0.3 is 15.0 Å². The van der Waals surface area contributed by atoms with Crippen LogP contribution in [0.5, 0.6) is 5.75 Å². The Kier molecular flexibility index (Phi) is 4.99. The molecule has 1 spiro atoms. The molecule has 3 heterocycles. The van der Waals surface area contributed by atoms with E-state index in [1.54, 1.807) is 30.3 Å². The number of benzene rings is 1. The van der Waals surface area contributed by atoms with Crippen LogP contribution in [-0.2, 0) is 21.4 Å². The van der Waals surface area contributed by atoms with Crippen LogP contribution in [0.25, 0.3) is 0 Å². The van der Waals surface area contributed by atoms with Crippen molar-refractivity contribution in [1.29, 1.82) is 0 Å². The molecule has 0 saturated carbocycles. The van der Waals surface area contributed by atoms with Gasteiger partial charge in [-0.3, -0.25) is 9.48 Å². The maximum Gasteiger partial charge on any atom is 0.244 e. The van der Waals surface area contributed by atoms with E-state index in [2.05, 4.69) is 15.1 Å². The molecule has 1 saturated heterocycles. The Balaban J connectivity index is 1.43. The van der Waals surface area contributed by atoms with Crippen LogP contribution in [0.2, 0.25) is 0 Å². The third kappa shape index (κ3) is 3.82. The molecule has 0 unspecified atom stereocenters. The molecule has 0 aliphatic carbocycles. The summed E-state index contributed by atoms with van der Waals surface area (Å²) >= 11 is 0. The molecule has 4 rings (SSSR count). The molecule has 156 valence electrons. The summed E-state index contributed by atoms with van der Waals surface area (Å²) in [6.07, 6.45) is 3.05. The van der Waals surface area contributed by atoms with E-state index in [1.807, 2.05) is 17.7 Å². The lowest BCUT2D eigenvalue weighted by Gasteiger charge is -2.45. The first-order valence-electron chi connectivity index (χ1n) is 9.58. The van der Waals surface area contributed by atoms with Crippen LogP contribution in [0.4, 0.5) is 5.69 Å². The molecule has 1 fully saturated rings. The highest BCUT2D eigenvalue weighted by atomic mass is 32.2.